The van der Waals surface area contributed by atoms with E-state index in [-0.39, 0.29) is 5.91 Å². The maximum absolute atomic E-state index is 12.1. The molecule has 0 bridgehead atoms. The summed E-state index contributed by atoms with van der Waals surface area (Å²) in [5.41, 5.74) is 6.33. The number of nitrogens with one attached hydrogen (secondary N) is 1. The third-order valence-corrected chi connectivity index (χ3v) is 4.18. The van der Waals surface area contributed by atoms with Gasteiger partial charge in [0.2, 0.25) is 0 Å². The molecule has 0 fully saturated rings. The first-order valence-electron chi connectivity index (χ1n) is 9.06. The Kier molecular flexibility index (Phi) is 5.48. The zero-order valence-corrected chi connectivity index (χ0v) is 15.5. The summed E-state index contributed by atoms with van der Waals surface area (Å²) < 4.78 is 1.85. The fourth-order valence-corrected chi connectivity index (χ4v) is 2.82. The van der Waals surface area contributed by atoms with Crippen molar-refractivity contribution in [1.29, 1.82) is 0 Å². The molecule has 0 saturated heterocycles. The molecule has 0 spiro atoms. The minimum atomic E-state index is -0.374. The van der Waals surface area contributed by atoms with Crippen LogP contribution in [0.5, 0.6) is 0 Å². The summed E-state index contributed by atoms with van der Waals surface area (Å²) in [6, 6.07) is 19.0. The highest BCUT2D eigenvalue weighted by Gasteiger charge is 2.11. The summed E-state index contributed by atoms with van der Waals surface area (Å²) in [6.45, 7) is 0.627. The van der Waals surface area contributed by atoms with Gasteiger partial charge < -0.3 is 0 Å². The van der Waals surface area contributed by atoms with Crippen LogP contribution in [-0.4, -0.2) is 31.9 Å². The van der Waals surface area contributed by atoms with Gasteiger partial charge in [-0.15, -0.1) is 0 Å². The Morgan fingerprint density at radius 2 is 1.90 bits per heavy atom. The Hall–Kier alpha value is -4.13. The minimum absolute atomic E-state index is 0.303. The zero-order valence-electron chi connectivity index (χ0n) is 15.5. The third kappa shape index (κ3) is 4.59. The van der Waals surface area contributed by atoms with Crippen molar-refractivity contribution < 1.29 is 4.79 Å². The second-order valence-corrected chi connectivity index (χ2v) is 6.27. The molecule has 0 aliphatic carbocycles. The van der Waals surface area contributed by atoms with Gasteiger partial charge in [0.1, 0.15) is 11.4 Å². The van der Waals surface area contributed by atoms with Crippen molar-refractivity contribution in [2.45, 2.75) is 6.54 Å². The molecule has 142 valence electrons. The second-order valence-electron chi connectivity index (χ2n) is 6.27. The number of hydrogen-bond acceptors (Lipinski definition) is 5. The van der Waals surface area contributed by atoms with Crippen molar-refractivity contribution in [3.8, 4) is 11.3 Å². The monoisotopic (exact) mass is 382 g/mol. The fourth-order valence-electron chi connectivity index (χ4n) is 2.82. The van der Waals surface area contributed by atoms with Crippen molar-refractivity contribution in [1.82, 2.24) is 25.2 Å². The average molecular weight is 382 g/mol. The van der Waals surface area contributed by atoms with Gasteiger partial charge in [-0.1, -0.05) is 36.4 Å². The third-order valence-electron chi connectivity index (χ3n) is 4.18. The van der Waals surface area contributed by atoms with Crippen LogP contribution in [0.15, 0.2) is 90.6 Å². The molecule has 1 N–H and O–H groups in total. The molecule has 0 atom stereocenters. The van der Waals surface area contributed by atoms with Crippen LogP contribution in [0.3, 0.4) is 0 Å². The Balaban J connectivity index is 1.58. The molecule has 3 heterocycles. The lowest BCUT2D eigenvalue weighted by Gasteiger charge is -2.01. The van der Waals surface area contributed by atoms with E-state index in [4.69, 9.17) is 5.10 Å². The number of hydrogen-bond donors (Lipinski definition) is 1. The second kappa shape index (κ2) is 8.71. The minimum Gasteiger partial charge on any atom is -0.267 e. The zero-order chi connectivity index (χ0) is 19.9. The van der Waals surface area contributed by atoms with Crippen LogP contribution in [0.4, 0.5) is 0 Å². The summed E-state index contributed by atoms with van der Waals surface area (Å²) in [4.78, 5) is 20.3. The highest BCUT2D eigenvalue weighted by Crippen LogP contribution is 2.20. The molecule has 0 unspecified atom stereocenters. The van der Waals surface area contributed by atoms with E-state index in [0.717, 1.165) is 22.4 Å². The number of rotatable bonds is 6. The van der Waals surface area contributed by atoms with E-state index in [2.05, 4.69) is 20.5 Å². The molecule has 4 rings (SSSR count). The first kappa shape index (κ1) is 18.2. The number of nitrogens with zero attached hydrogens (tertiary/aromatic N) is 5. The van der Waals surface area contributed by atoms with Crippen molar-refractivity contribution in [3.05, 3.63) is 102 Å². The van der Waals surface area contributed by atoms with E-state index in [1.54, 1.807) is 43.0 Å². The molecule has 29 heavy (non-hydrogen) atoms. The van der Waals surface area contributed by atoms with Crippen LogP contribution in [0, 0.1) is 0 Å². The predicted molar refractivity (Wildman–Crippen MR) is 110 cm³/mol. The van der Waals surface area contributed by atoms with Gasteiger partial charge in [-0.25, -0.2) is 5.43 Å². The molecular weight excluding hydrogens is 364 g/mol. The summed E-state index contributed by atoms with van der Waals surface area (Å²) in [5, 5.41) is 8.78. The molecule has 0 aliphatic heterocycles. The molecule has 1 aromatic carbocycles. The van der Waals surface area contributed by atoms with E-state index in [1.807, 2.05) is 53.3 Å². The Labute approximate surface area is 167 Å². The number of carbonyl (C=O) groups excluding carboxylic acids is 1. The van der Waals surface area contributed by atoms with Crippen LogP contribution in [0.2, 0.25) is 0 Å². The van der Waals surface area contributed by atoms with Crippen molar-refractivity contribution in [3.63, 3.8) is 0 Å². The molecule has 7 nitrogen and oxygen atoms in total. The van der Waals surface area contributed by atoms with Gasteiger partial charge in [-0.3, -0.25) is 19.4 Å². The quantitative estimate of drug-likeness (QED) is 0.410. The largest absolute Gasteiger partial charge is 0.289 e. The van der Waals surface area contributed by atoms with E-state index >= 15 is 0 Å². The number of aromatic nitrogens is 4. The lowest BCUT2D eigenvalue weighted by atomic mass is 10.1. The molecule has 3 aromatic heterocycles. The number of benzene rings is 1. The van der Waals surface area contributed by atoms with Gasteiger partial charge >= 0.3 is 0 Å². The highest BCUT2D eigenvalue weighted by atomic mass is 16.2. The van der Waals surface area contributed by atoms with Crippen molar-refractivity contribution in [2.24, 2.45) is 5.10 Å². The predicted octanol–water partition coefficient (Wildman–Crippen LogP) is 3.15. The van der Waals surface area contributed by atoms with Crippen molar-refractivity contribution in [2.75, 3.05) is 0 Å². The van der Waals surface area contributed by atoms with Crippen LogP contribution in [-0.2, 0) is 6.54 Å². The Morgan fingerprint density at radius 1 is 1.03 bits per heavy atom. The smallest absolute Gasteiger partial charge is 0.267 e. The summed E-state index contributed by atoms with van der Waals surface area (Å²) >= 11 is 0. The fraction of sp³-hybridized carbons (Fsp3) is 0.0455. The van der Waals surface area contributed by atoms with Gasteiger partial charge in [-0.05, 0) is 29.8 Å². The number of hydrazone groups is 1. The van der Waals surface area contributed by atoms with Crippen LogP contribution >= 0.6 is 0 Å². The normalized spacial score (nSPS) is 10.9. The standard InChI is InChI=1S/C22H18N6O/c29-22(20-10-4-5-12-24-20)26-25-14-19-16-28(15-17-7-2-1-3-8-17)27-21(19)18-9-6-11-23-13-18/h1-14,16H,15H2,(H,26,29)/b25-14-. The van der Waals surface area contributed by atoms with E-state index in [1.165, 1.54) is 0 Å². The molecule has 4 aromatic rings. The maximum Gasteiger partial charge on any atom is 0.289 e. The first-order chi connectivity index (χ1) is 14.3. The Bertz CT molecular complexity index is 1110. The summed E-state index contributed by atoms with van der Waals surface area (Å²) in [5.74, 6) is -0.374. The topological polar surface area (TPSA) is 85.1 Å². The maximum atomic E-state index is 12.1. The van der Waals surface area contributed by atoms with Gasteiger partial charge in [0, 0.05) is 35.9 Å². The molecular formula is C22H18N6O. The van der Waals surface area contributed by atoms with Crippen LogP contribution in [0.1, 0.15) is 21.6 Å². The van der Waals surface area contributed by atoms with Crippen molar-refractivity contribution >= 4 is 12.1 Å². The number of amides is 1. The van der Waals surface area contributed by atoms with E-state index in [0.29, 0.717) is 12.2 Å². The highest BCUT2D eigenvalue weighted by molar-refractivity contribution is 5.94. The molecule has 0 radical (unpaired) electrons. The lowest BCUT2D eigenvalue weighted by Crippen LogP contribution is -2.18. The lowest BCUT2D eigenvalue weighted by molar-refractivity contribution is 0.0950. The van der Waals surface area contributed by atoms with Crippen LogP contribution < -0.4 is 5.43 Å². The van der Waals surface area contributed by atoms with Gasteiger partial charge in [0.25, 0.3) is 5.91 Å². The summed E-state index contributed by atoms with van der Waals surface area (Å²) in [6.07, 6.45) is 8.50. The van der Waals surface area contributed by atoms with Gasteiger partial charge in [0.15, 0.2) is 0 Å². The van der Waals surface area contributed by atoms with Gasteiger partial charge in [0.05, 0.1) is 12.8 Å². The first-order valence-corrected chi connectivity index (χ1v) is 9.06. The molecule has 1 amide bonds. The molecule has 0 aliphatic rings. The van der Waals surface area contributed by atoms with Crippen LogP contribution in [0.25, 0.3) is 11.3 Å². The Morgan fingerprint density at radius 3 is 2.66 bits per heavy atom. The number of carbonyl (C=O) groups is 1. The van der Waals surface area contributed by atoms with Gasteiger partial charge in [-0.2, -0.15) is 10.2 Å². The van der Waals surface area contributed by atoms with E-state index < -0.39 is 0 Å². The SMILES string of the molecule is O=C(N/N=C\c1cn(Cc2ccccc2)nc1-c1cccnc1)c1ccccn1. The number of pyridine rings is 2. The average Bonchev–Trinajstić information content (AvgIpc) is 3.18. The van der Waals surface area contributed by atoms with E-state index in [9.17, 15) is 4.79 Å². The molecule has 7 heteroatoms. The summed E-state index contributed by atoms with van der Waals surface area (Å²) in [7, 11) is 0. The molecule has 0 saturated carbocycles.